The second-order valence-corrected chi connectivity index (χ2v) is 6.10. The fourth-order valence-corrected chi connectivity index (χ4v) is 2.38. The molecule has 2 aromatic rings. The van der Waals surface area contributed by atoms with Crippen molar-refractivity contribution < 1.29 is 14.8 Å². The minimum Gasteiger partial charge on any atom is -0.502 e. The van der Waals surface area contributed by atoms with E-state index in [0.717, 1.165) is 16.6 Å². The van der Waals surface area contributed by atoms with Gasteiger partial charge in [-0.3, -0.25) is 14.9 Å². The number of nitrogens with one attached hydrogen (secondary N) is 1. The number of benzene rings is 2. The van der Waals surface area contributed by atoms with Gasteiger partial charge in [-0.25, -0.2) is 0 Å². The molecule has 2 N–H and O–H groups in total. The average Bonchev–Trinajstić information content (AvgIpc) is 2.56. The second kappa shape index (κ2) is 7.79. The molecular formula is C16H9BrClN3O4. The van der Waals surface area contributed by atoms with Crippen molar-refractivity contribution in [1.82, 2.24) is 0 Å². The molecule has 0 aliphatic rings. The first-order valence-corrected chi connectivity index (χ1v) is 7.84. The zero-order chi connectivity index (χ0) is 18.6. The molecule has 7 nitrogen and oxygen atoms in total. The zero-order valence-electron chi connectivity index (χ0n) is 12.4. The van der Waals surface area contributed by atoms with Gasteiger partial charge >= 0.3 is 5.69 Å². The molecule has 25 heavy (non-hydrogen) atoms. The van der Waals surface area contributed by atoms with Crippen molar-refractivity contribution in [2.75, 3.05) is 5.32 Å². The van der Waals surface area contributed by atoms with Gasteiger partial charge in [0.25, 0.3) is 5.91 Å². The molecular weight excluding hydrogens is 414 g/mol. The number of phenolic OH excluding ortho intramolecular Hbond substituents is 1. The first-order valence-electron chi connectivity index (χ1n) is 6.67. The minimum absolute atomic E-state index is 0.0126. The fourth-order valence-electron chi connectivity index (χ4n) is 1.89. The third kappa shape index (κ3) is 4.56. The highest BCUT2D eigenvalue weighted by Gasteiger charge is 2.19. The second-order valence-electron chi connectivity index (χ2n) is 4.75. The van der Waals surface area contributed by atoms with Gasteiger partial charge in [-0.05, 0) is 36.4 Å². The Labute approximate surface area is 155 Å². The number of anilines is 1. The number of aromatic hydroxyl groups is 1. The number of rotatable bonds is 4. The van der Waals surface area contributed by atoms with E-state index >= 15 is 0 Å². The van der Waals surface area contributed by atoms with Crippen LogP contribution in [0.4, 0.5) is 11.4 Å². The Hall–Kier alpha value is -2.89. The molecule has 1 amide bonds. The molecule has 0 saturated carbocycles. The topological polar surface area (TPSA) is 116 Å². The maximum absolute atomic E-state index is 12.2. The Morgan fingerprint density at radius 3 is 2.56 bits per heavy atom. The molecule has 0 aliphatic carbocycles. The number of hydrogen-bond acceptors (Lipinski definition) is 5. The van der Waals surface area contributed by atoms with Crippen LogP contribution in [0.1, 0.15) is 5.56 Å². The van der Waals surface area contributed by atoms with Gasteiger partial charge in [-0.1, -0.05) is 27.5 Å². The van der Waals surface area contributed by atoms with Crippen LogP contribution in [0, 0.1) is 21.4 Å². The highest BCUT2D eigenvalue weighted by molar-refractivity contribution is 9.10. The summed E-state index contributed by atoms with van der Waals surface area (Å²) < 4.78 is 0.817. The summed E-state index contributed by atoms with van der Waals surface area (Å²) in [5.74, 6) is -1.41. The van der Waals surface area contributed by atoms with Crippen molar-refractivity contribution in [3.8, 4) is 11.8 Å². The summed E-state index contributed by atoms with van der Waals surface area (Å²) in [4.78, 5) is 22.3. The van der Waals surface area contributed by atoms with Gasteiger partial charge in [0.05, 0.1) is 4.92 Å². The lowest BCUT2D eigenvalue weighted by molar-refractivity contribution is -0.385. The number of nitrogens with zero attached hydrogens (tertiary/aromatic N) is 2. The lowest BCUT2D eigenvalue weighted by Gasteiger charge is -2.06. The predicted octanol–water partition coefficient (Wildman–Crippen LogP) is 4.26. The Bertz CT molecular complexity index is 920. The van der Waals surface area contributed by atoms with Crippen molar-refractivity contribution in [1.29, 1.82) is 5.26 Å². The molecule has 0 aromatic heterocycles. The molecule has 0 heterocycles. The molecule has 126 valence electrons. The van der Waals surface area contributed by atoms with Gasteiger partial charge in [0, 0.05) is 26.8 Å². The minimum atomic E-state index is -0.813. The van der Waals surface area contributed by atoms with E-state index in [0.29, 0.717) is 5.69 Å². The van der Waals surface area contributed by atoms with Gasteiger partial charge in [-0.2, -0.15) is 5.26 Å². The van der Waals surface area contributed by atoms with Crippen LogP contribution in [0.15, 0.2) is 46.4 Å². The van der Waals surface area contributed by atoms with E-state index < -0.39 is 22.3 Å². The van der Waals surface area contributed by atoms with Crippen molar-refractivity contribution in [3.05, 3.63) is 67.1 Å². The van der Waals surface area contributed by atoms with E-state index in [1.807, 2.05) is 0 Å². The summed E-state index contributed by atoms with van der Waals surface area (Å²) in [6.45, 7) is 0. The van der Waals surface area contributed by atoms with Crippen LogP contribution in [0.5, 0.6) is 5.75 Å². The number of phenols is 1. The van der Waals surface area contributed by atoms with Crippen LogP contribution < -0.4 is 5.32 Å². The summed E-state index contributed by atoms with van der Waals surface area (Å²) in [5, 5.41) is 32.5. The summed E-state index contributed by atoms with van der Waals surface area (Å²) in [6, 6.07) is 10.5. The van der Waals surface area contributed by atoms with Crippen LogP contribution in [-0.4, -0.2) is 15.9 Å². The third-order valence-electron chi connectivity index (χ3n) is 3.05. The van der Waals surface area contributed by atoms with E-state index in [1.54, 1.807) is 30.3 Å². The first kappa shape index (κ1) is 18.4. The Balaban J connectivity index is 2.37. The molecule has 0 aliphatic heterocycles. The number of nitro benzene ring substituents is 1. The Morgan fingerprint density at radius 2 is 2.00 bits per heavy atom. The van der Waals surface area contributed by atoms with E-state index in [-0.39, 0.29) is 16.2 Å². The SMILES string of the molecule is N#C/C(=C/c1cc(Cl)cc([N+](=O)[O-])c1O)C(=O)Nc1ccc(Br)cc1. The van der Waals surface area contributed by atoms with Gasteiger partial charge in [-0.15, -0.1) is 0 Å². The summed E-state index contributed by atoms with van der Waals surface area (Å²) in [7, 11) is 0. The molecule has 9 heteroatoms. The number of carbonyl (C=O) groups is 1. The molecule has 0 bridgehead atoms. The Morgan fingerprint density at radius 1 is 1.36 bits per heavy atom. The normalized spacial score (nSPS) is 10.8. The lowest BCUT2D eigenvalue weighted by atomic mass is 10.1. The molecule has 0 unspecified atom stereocenters. The van der Waals surface area contributed by atoms with Crippen molar-refractivity contribution in [3.63, 3.8) is 0 Å². The smallest absolute Gasteiger partial charge is 0.312 e. The molecule has 2 rings (SSSR count). The van der Waals surface area contributed by atoms with Gasteiger partial charge in [0.15, 0.2) is 0 Å². The maximum atomic E-state index is 12.2. The third-order valence-corrected chi connectivity index (χ3v) is 3.79. The van der Waals surface area contributed by atoms with Crippen molar-refractivity contribution in [2.45, 2.75) is 0 Å². The summed E-state index contributed by atoms with van der Waals surface area (Å²) in [5.41, 5.74) is -0.628. The number of halogens is 2. The lowest BCUT2D eigenvalue weighted by Crippen LogP contribution is -2.13. The quantitative estimate of drug-likeness (QED) is 0.330. The number of carbonyl (C=O) groups excluding carboxylic acids is 1. The number of nitriles is 1. The maximum Gasteiger partial charge on any atom is 0.312 e. The van der Waals surface area contributed by atoms with E-state index in [4.69, 9.17) is 11.6 Å². The largest absolute Gasteiger partial charge is 0.502 e. The number of hydrogen-bond donors (Lipinski definition) is 2. The molecule has 0 radical (unpaired) electrons. The van der Waals surface area contributed by atoms with Gasteiger partial charge in [0.2, 0.25) is 5.75 Å². The van der Waals surface area contributed by atoms with Crippen LogP contribution in [0.3, 0.4) is 0 Å². The van der Waals surface area contributed by atoms with Crippen LogP contribution in [0.25, 0.3) is 6.08 Å². The summed E-state index contributed by atoms with van der Waals surface area (Å²) in [6.07, 6.45) is 1.03. The monoisotopic (exact) mass is 421 g/mol. The highest BCUT2D eigenvalue weighted by atomic mass is 79.9. The average molecular weight is 423 g/mol. The number of nitro groups is 1. The fraction of sp³-hybridized carbons (Fsp3) is 0. The molecule has 2 aromatic carbocycles. The first-order chi connectivity index (χ1) is 11.8. The van der Waals surface area contributed by atoms with Crippen LogP contribution >= 0.6 is 27.5 Å². The predicted molar refractivity (Wildman–Crippen MR) is 96.1 cm³/mol. The Kier molecular flexibility index (Phi) is 5.75. The van der Waals surface area contributed by atoms with Gasteiger partial charge < -0.3 is 10.4 Å². The van der Waals surface area contributed by atoms with E-state index in [9.17, 15) is 25.3 Å². The highest BCUT2D eigenvalue weighted by Crippen LogP contribution is 2.34. The van der Waals surface area contributed by atoms with Crippen LogP contribution in [0.2, 0.25) is 5.02 Å². The number of amides is 1. The molecule has 0 spiro atoms. The van der Waals surface area contributed by atoms with E-state index in [2.05, 4.69) is 21.2 Å². The molecule has 0 fully saturated rings. The molecule has 0 atom stereocenters. The van der Waals surface area contributed by atoms with Crippen molar-refractivity contribution >= 4 is 50.9 Å². The van der Waals surface area contributed by atoms with Crippen molar-refractivity contribution in [2.24, 2.45) is 0 Å². The van der Waals surface area contributed by atoms with E-state index in [1.165, 1.54) is 6.07 Å². The zero-order valence-corrected chi connectivity index (χ0v) is 14.7. The molecule has 0 saturated heterocycles. The van der Waals surface area contributed by atoms with Crippen LogP contribution in [-0.2, 0) is 4.79 Å². The summed E-state index contributed by atoms with van der Waals surface area (Å²) >= 11 is 9.04. The van der Waals surface area contributed by atoms with Gasteiger partial charge in [0.1, 0.15) is 11.6 Å². The standard InChI is InChI=1S/C16H9BrClN3O4/c17-11-1-3-13(4-2-11)20-16(23)10(8-19)5-9-6-12(18)7-14(15(9)22)21(24)25/h1-7,22H,(H,20,23)/b10-5-.